The predicted molar refractivity (Wildman–Crippen MR) is 75.0 cm³/mol. The summed E-state index contributed by atoms with van der Waals surface area (Å²) in [5.41, 5.74) is 7.77. The van der Waals surface area contributed by atoms with Gasteiger partial charge < -0.3 is 15.8 Å². The zero-order valence-corrected chi connectivity index (χ0v) is 12.4. The molecular formula is C13H22N4O3. The maximum Gasteiger partial charge on any atom is 0.327 e. The Morgan fingerprint density at radius 3 is 2.55 bits per heavy atom. The van der Waals surface area contributed by atoms with E-state index in [0.717, 1.165) is 5.69 Å². The van der Waals surface area contributed by atoms with Crippen molar-refractivity contribution in [1.82, 2.24) is 15.1 Å². The minimum atomic E-state index is -0.437. The number of nitrogen functional groups attached to an aromatic ring is 1. The highest BCUT2D eigenvalue weighted by molar-refractivity contribution is 5.76. The highest BCUT2D eigenvalue weighted by Gasteiger charge is 2.12. The summed E-state index contributed by atoms with van der Waals surface area (Å²) in [4.78, 5) is 23.0. The van der Waals surface area contributed by atoms with E-state index < -0.39 is 5.97 Å². The van der Waals surface area contributed by atoms with Gasteiger partial charge in [0.2, 0.25) is 5.91 Å². The van der Waals surface area contributed by atoms with Crippen LogP contribution in [0.25, 0.3) is 0 Å². The molecule has 0 radical (unpaired) electrons. The van der Waals surface area contributed by atoms with E-state index in [0.29, 0.717) is 11.4 Å². The molecule has 3 N–H and O–H groups in total. The zero-order chi connectivity index (χ0) is 15.3. The van der Waals surface area contributed by atoms with Crippen LogP contribution in [0.1, 0.15) is 31.7 Å². The first-order valence-electron chi connectivity index (χ1n) is 6.55. The molecule has 0 spiro atoms. The van der Waals surface area contributed by atoms with E-state index in [1.54, 1.807) is 13.8 Å². The Balaban J connectivity index is 2.37. The first-order chi connectivity index (χ1) is 9.31. The molecule has 1 aromatic rings. The summed E-state index contributed by atoms with van der Waals surface area (Å²) >= 11 is 0. The summed E-state index contributed by atoms with van der Waals surface area (Å²) in [5, 5.41) is 6.87. The Morgan fingerprint density at radius 2 is 2.05 bits per heavy atom. The van der Waals surface area contributed by atoms with Crippen LogP contribution in [0.4, 0.5) is 5.69 Å². The van der Waals surface area contributed by atoms with Crippen molar-refractivity contribution in [3.63, 3.8) is 0 Å². The van der Waals surface area contributed by atoms with Crippen molar-refractivity contribution in [1.29, 1.82) is 0 Å². The number of esters is 1. The number of carbonyl (C=O) groups excluding carboxylic acids is 2. The maximum atomic E-state index is 11.6. The van der Waals surface area contributed by atoms with Crippen LogP contribution in [0.5, 0.6) is 0 Å². The van der Waals surface area contributed by atoms with Gasteiger partial charge in [0.25, 0.3) is 0 Å². The van der Waals surface area contributed by atoms with Gasteiger partial charge >= 0.3 is 5.97 Å². The third kappa shape index (κ3) is 4.56. The van der Waals surface area contributed by atoms with E-state index in [1.807, 2.05) is 13.8 Å². The molecule has 7 nitrogen and oxygen atoms in total. The highest BCUT2D eigenvalue weighted by atomic mass is 16.5. The molecule has 0 aliphatic carbocycles. The average molecular weight is 282 g/mol. The SMILES string of the molecule is Cc1nn(CC(=O)OCCC(=O)NC(C)C)c(C)c1N. The molecule has 1 amide bonds. The minimum absolute atomic E-state index is 0.00429. The maximum absolute atomic E-state index is 11.6. The fourth-order valence-corrected chi connectivity index (χ4v) is 1.68. The summed E-state index contributed by atoms with van der Waals surface area (Å²) in [6, 6.07) is 0.0795. The van der Waals surface area contributed by atoms with Crippen LogP contribution in [-0.4, -0.2) is 34.3 Å². The second-order valence-corrected chi connectivity index (χ2v) is 4.93. The molecule has 0 aliphatic heterocycles. The van der Waals surface area contributed by atoms with Gasteiger partial charge in [-0.2, -0.15) is 5.10 Å². The summed E-state index contributed by atoms with van der Waals surface area (Å²) in [6.07, 6.45) is 0.156. The molecule has 0 unspecified atom stereocenters. The normalized spacial score (nSPS) is 10.7. The highest BCUT2D eigenvalue weighted by Crippen LogP contribution is 2.14. The predicted octanol–water partition coefficient (Wildman–Crippen LogP) is 0.540. The van der Waals surface area contributed by atoms with Gasteiger partial charge in [0.05, 0.1) is 23.5 Å². The molecule has 0 bridgehead atoms. The molecule has 0 saturated heterocycles. The van der Waals surface area contributed by atoms with Gasteiger partial charge in [-0.25, -0.2) is 0 Å². The van der Waals surface area contributed by atoms with E-state index >= 15 is 0 Å². The van der Waals surface area contributed by atoms with Crippen LogP contribution in [0.3, 0.4) is 0 Å². The third-order valence-electron chi connectivity index (χ3n) is 2.76. The lowest BCUT2D eigenvalue weighted by Crippen LogP contribution is -2.31. The van der Waals surface area contributed by atoms with Crippen LogP contribution in [0.2, 0.25) is 0 Å². The third-order valence-corrected chi connectivity index (χ3v) is 2.76. The molecule has 0 aromatic carbocycles. The van der Waals surface area contributed by atoms with Crippen LogP contribution in [0.15, 0.2) is 0 Å². The molecule has 0 fully saturated rings. The molecule has 0 saturated carbocycles. The van der Waals surface area contributed by atoms with Gasteiger partial charge in [-0.15, -0.1) is 0 Å². The van der Waals surface area contributed by atoms with Crippen molar-refractivity contribution < 1.29 is 14.3 Å². The second kappa shape index (κ2) is 6.93. The zero-order valence-electron chi connectivity index (χ0n) is 12.4. The lowest BCUT2D eigenvalue weighted by molar-refractivity contribution is -0.145. The van der Waals surface area contributed by atoms with Crippen LogP contribution in [0, 0.1) is 13.8 Å². The van der Waals surface area contributed by atoms with Crippen molar-refractivity contribution >= 4 is 17.6 Å². The number of hydrogen-bond donors (Lipinski definition) is 2. The largest absolute Gasteiger partial charge is 0.464 e. The van der Waals surface area contributed by atoms with Crippen LogP contribution >= 0.6 is 0 Å². The van der Waals surface area contributed by atoms with Crippen molar-refractivity contribution in [2.24, 2.45) is 0 Å². The van der Waals surface area contributed by atoms with E-state index in [2.05, 4.69) is 10.4 Å². The molecule has 20 heavy (non-hydrogen) atoms. The summed E-state index contributed by atoms with van der Waals surface area (Å²) < 4.78 is 6.50. The van der Waals surface area contributed by atoms with E-state index in [1.165, 1.54) is 4.68 Å². The van der Waals surface area contributed by atoms with Crippen LogP contribution in [-0.2, 0) is 20.9 Å². The first kappa shape index (κ1) is 16.0. The van der Waals surface area contributed by atoms with Gasteiger partial charge in [-0.3, -0.25) is 14.3 Å². The number of nitrogens with two attached hydrogens (primary N) is 1. The molecule has 0 aliphatic rings. The number of amides is 1. The molecule has 112 valence electrons. The number of nitrogens with zero attached hydrogens (tertiary/aromatic N) is 2. The Labute approximate surface area is 118 Å². The van der Waals surface area contributed by atoms with Crippen molar-refractivity contribution in [2.75, 3.05) is 12.3 Å². The number of rotatable bonds is 6. The lowest BCUT2D eigenvalue weighted by atomic mass is 10.3. The molecule has 1 heterocycles. The Kier molecular flexibility index (Phi) is 5.54. The smallest absolute Gasteiger partial charge is 0.327 e. The van der Waals surface area contributed by atoms with Gasteiger partial charge in [0.15, 0.2) is 0 Å². The van der Waals surface area contributed by atoms with Gasteiger partial charge in [0, 0.05) is 6.04 Å². The molecule has 0 atom stereocenters. The fourth-order valence-electron chi connectivity index (χ4n) is 1.68. The topological polar surface area (TPSA) is 99.2 Å². The summed E-state index contributed by atoms with van der Waals surface area (Å²) in [5.74, 6) is -0.573. The lowest BCUT2D eigenvalue weighted by Gasteiger charge is -2.09. The van der Waals surface area contributed by atoms with E-state index in [-0.39, 0.29) is 31.5 Å². The minimum Gasteiger partial charge on any atom is -0.464 e. The quantitative estimate of drug-likeness (QED) is 0.742. The van der Waals surface area contributed by atoms with Gasteiger partial charge in [-0.1, -0.05) is 0 Å². The van der Waals surface area contributed by atoms with Crippen molar-refractivity contribution in [3.8, 4) is 0 Å². The van der Waals surface area contributed by atoms with Crippen molar-refractivity contribution in [2.45, 2.75) is 46.7 Å². The first-order valence-corrected chi connectivity index (χ1v) is 6.55. The van der Waals surface area contributed by atoms with Crippen molar-refractivity contribution in [3.05, 3.63) is 11.4 Å². The number of carbonyl (C=O) groups is 2. The Morgan fingerprint density at radius 1 is 1.40 bits per heavy atom. The molecule has 1 rings (SSSR count). The second-order valence-electron chi connectivity index (χ2n) is 4.93. The molecular weight excluding hydrogens is 260 g/mol. The number of anilines is 1. The van der Waals surface area contributed by atoms with Gasteiger partial charge in [-0.05, 0) is 27.7 Å². The standard InChI is InChI=1S/C13H22N4O3/c1-8(2)15-11(18)5-6-20-12(19)7-17-10(4)13(14)9(3)16-17/h8H,5-7,14H2,1-4H3,(H,15,18). The van der Waals surface area contributed by atoms with Gasteiger partial charge in [0.1, 0.15) is 13.2 Å². The number of ether oxygens (including phenoxy) is 1. The monoisotopic (exact) mass is 282 g/mol. The number of aryl methyl sites for hydroxylation is 1. The van der Waals surface area contributed by atoms with Crippen LogP contribution < -0.4 is 11.1 Å². The Bertz CT molecular complexity index is 494. The fraction of sp³-hybridized carbons (Fsp3) is 0.615. The summed E-state index contributed by atoms with van der Waals surface area (Å²) in [6.45, 7) is 7.37. The summed E-state index contributed by atoms with van der Waals surface area (Å²) in [7, 11) is 0. The Hall–Kier alpha value is -2.05. The van der Waals surface area contributed by atoms with E-state index in [9.17, 15) is 9.59 Å². The molecule has 1 aromatic heterocycles. The number of hydrogen-bond acceptors (Lipinski definition) is 5. The molecule has 7 heteroatoms. The van der Waals surface area contributed by atoms with E-state index in [4.69, 9.17) is 10.5 Å². The number of aromatic nitrogens is 2. The number of nitrogens with one attached hydrogen (secondary N) is 1. The average Bonchev–Trinajstić information content (AvgIpc) is 2.56.